The largest absolute Gasteiger partial charge is 0.506 e. The minimum atomic E-state index is -0.438. The number of phenolic OH excluding ortho intramolecular Hbond substituents is 1. The molecule has 0 aliphatic carbocycles. The number of hydrogen-bond donors (Lipinski definition) is 2. The van der Waals surface area contributed by atoms with Gasteiger partial charge in [0.05, 0.1) is 11.6 Å². The van der Waals surface area contributed by atoms with E-state index in [2.05, 4.69) is 5.32 Å². The van der Waals surface area contributed by atoms with Gasteiger partial charge in [-0.1, -0.05) is 66.7 Å². The summed E-state index contributed by atoms with van der Waals surface area (Å²) in [6.45, 7) is 1.92. The van der Waals surface area contributed by atoms with E-state index in [4.69, 9.17) is 0 Å². The fourth-order valence-electron chi connectivity index (χ4n) is 2.74. The number of rotatable bonds is 4. The Labute approximate surface area is 141 Å². The Morgan fingerprint density at radius 2 is 1.42 bits per heavy atom. The van der Waals surface area contributed by atoms with Gasteiger partial charge in [-0.25, -0.2) is 0 Å². The third kappa shape index (κ3) is 3.46. The predicted molar refractivity (Wildman–Crippen MR) is 96.2 cm³/mol. The molecule has 3 aromatic carbocycles. The van der Waals surface area contributed by atoms with E-state index in [1.54, 1.807) is 18.2 Å². The van der Waals surface area contributed by atoms with Crippen LogP contribution in [0, 0.1) is 6.92 Å². The summed E-state index contributed by atoms with van der Waals surface area (Å²) in [5, 5.41) is 12.9. The molecule has 1 amide bonds. The first-order valence-electron chi connectivity index (χ1n) is 7.85. The molecule has 0 spiro atoms. The molecule has 3 rings (SSSR count). The number of aromatic hydroxyl groups is 1. The average molecular weight is 317 g/mol. The number of nitrogens with one attached hydrogen (secondary N) is 1. The molecule has 2 N–H and O–H groups in total. The molecule has 24 heavy (non-hydrogen) atoms. The molecule has 0 aliphatic heterocycles. The molecule has 3 nitrogen and oxygen atoms in total. The molecule has 0 heterocycles. The van der Waals surface area contributed by atoms with Crippen molar-refractivity contribution in [1.29, 1.82) is 0 Å². The zero-order valence-electron chi connectivity index (χ0n) is 13.4. The van der Waals surface area contributed by atoms with Gasteiger partial charge < -0.3 is 10.4 Å². The SMILES string of the molecule is Cc1ccc(O)c(NC(=O)C(c2ccccc2)c2ccccc2)c1. The summed E-state index contributed by atoms with van der Waals surface area (Å²) < 4.78 is 0. The van der Waals surface area contributed by atoms with Crippen molar-refractivity contribution in [3.05, 3.63) is 95.6 Å². The average Bonchev–Trinajstić information content (AvgIpc) is 2.60. The first kappa shape index (κ1) is 15.8. The molecule has 0 bridgehead atoms. The predicted octanol–water partition coefficient (Wildman–Crippen LogP) is 4.47. The van der Waals surface area contributed by atoms with Gasteiger partial charge in [-0.05, 0) is 35.7 Å². The fraction of sp³-hybridized carbons (Fsp3) is 0.0952. The number of hydrogen-bond acceptors (Lipinski definition) is 2. The number of amides is 1. The van der Waals surface area contributed by atoms with Crippen LogP contribution in [0.4, 0.5) is 5.69 Å². The van der Waals surface area contributed by atoms with Gasteiger partial charge in [0.1, 0.15) is 5.75 Å². The van der Waals surface area contributed by atoms with Crippen LogP contribution in [-0.4, -0.2) is 11.0 Å². The summed E-state index contributed by atoms with van der Waals surface area (Å²) in [6, 6.07) is 24.4. The van der Waals surface area contributed by atoms with Gasteiger partial charge in [0.15, 0.2) is 0 Å². The smallest absolute Gasteiger partial charge is 0.236 e. The monoisotopic (exact) mass is 317 g/mol. The third-order valence-corrected chi connectivity index (χ3v) is 3.94. The summed E-state index contributed by atoms with van der Waals surface area (Å²) in [4.78, 5) is 13.0. The number of carbonyl (C=O) groups is 1. The highest BCUT2D eigenvalue weighted by atomic mass is 16.3. The summed E-state index contributed by atoms with van der Waals surface area (Å²) in [5.74, 6) is -0.547. The second-order valence-corrected chi connectivity index (χ2v) is 5.76. The molecule has 0 aliphatic rings. The van der Waals surface area contributed by atoms with Crippen molar-refractivity contribution in [3.8, 4) is 5.75 Å². The number of phenols is 1. The summed E-state index contributed by atoms with van der Waals surface area (Å²) in [6.07, 6.45) is 0. The van der Waals surface area contributed by atoms with Crippen LogP contribution in [0.25, 0.3) is 0 Å². The highest BCUT2D eigenvalue weighted by Gasteiger charge is 2.23. The summed E-state index contributed by atoms with van der Waals surface area (Å²) >= 11 is 0. The molecule has 0 fully saturated rings. The quantitative estimate of drug-likeness (QED) is 0.697. The summed E-state index contributed by atoms with van der Waals surface area (Å²) in [7, 11) is 0. The normalized spacial score (nSPS) is 10.6. The Kier molecular flexibility index (Phi) is 4.62. The molecular formula is C21H19NO2. The topological polar surface area (TPSA) is 49.3 Å². The maximum atomic E-state index is 13.0. The Hall–Kier alpha value is -3.07. The van der Waals surface area contributed by atoms with Crippen LogP contribution in [0.3, 0.4) is 0 Å². The van der Waals surface area contributed by atoms with Crippen molar-refractivity contribution in [2.24, 2.45) is 0 Å². The van der Waals surface area contributed by atoms with Gasteiger partial charge in [0.2, 0.25) is 5.91 Å². The van der Waals surface area contributed by atoms with Crippen LogP contribution in [0.15, 0.2) is 78.9 Å². The second-order valence-electron chi connectivity index (χ2n) is 5.76. The molecule has 0 unspecified atom stereocenters. The van der Waals surface area contributed by atoms with E-state index in [-0.39, 0.29) is 11.7 Å². The minimum Gasteiger partial charge on any atom is -0.506 e. The van der Waals surface area contributed by atoms with E-state index in [1.807, 2.05) is 67.6 Å². The second kappa shape index (κ2) is 7.01. The van der Waals surface area contributed by atoms with E-state index in [9.17, 15) is 9.90 Å². The number of benzene rings is 3. The van der Waals surface area contributed by atoms with Crippen molar-refractivity contribution >= 4 is 11.6 Å². The van der Waals surface area contributed by atoms with Crippen molar-refractivity contribution in [2.75, 3.05) is 5.32 Å². The van der Waals surface area contributed by atoms with Crippen LogP contribution < -0.4 is 5.32 Å². The highest BCUT2D eigenvalue weighted by Crippen LogP contribution is 2.29. The highest BCUT2D eigenvalue weighted by molar-refractivity contribution is 5.99. The first-order valence-corrected chi connectivity index (χ1v) is 7.85. The van der Waals surface area contributed by atoms with Gasteiger partial charge in [-0.3, -0.25) is 4.79 Å². The van der Waals surface area contributed by atoms with Crippen LogP contribution in [0.1, 0.15) is 22.6 Å². The zero-order valence-corrected chi connectivity index (χ0v) is 13.4. The van der Waals surface area contributed by atoms with Crippen LogP contribution >= 0.6 is 0 Å². The van der Waals surface area contributed by atoms with Gasteiger partial charge in [-0.2, -0.15) is 0 Å². The molecular weight excluding hydrogens is 298 g/mol. The van der Waals surface area contributed by atoms with Gasteiger partial charge in [0, 0.05) is 0 Å². The molecule has 3 heteroatoms. The van der Waals surface area contributed by atoms with Crippen molar-refractivity contribution in [3.63, 3.8) is 0 Å². The molecule has 0 saturated heterocycles. The standard InChI is InChI=1S/C21H19NO2/c1-15-12-13-19(23)18(14-15)22-21(24)20(16-8-4-2-5-9-16)17-10-6-3-7-11-17/h2-14,20,23H,1H3,(H,22,24). The van der Waals surface area contributed by atoms with Crippen molar-refractivity contribution in [1.82, 2.24) is 0 Å². The van der Waals surface area contributed by atoms with Crippen LogP contribution in [0.2, 0.25) is 0 Å². The van der Waals surface area contributed by atoms with Crippen molar-refractivity contribution < 1.29 is 9.90 Å². The zero-order chi connectivity index (χ0) is 16.9. The first-order chi connectivity index (χ1) is 11.6. The maximum Gasteiger partial charge on any atom is 0.236 e. The van der Waals surface area contributed by atoms with E-state index in [0.717, 1.165) is 16.7 Å². The lowest BCUT2D eigenvalue weighted by Gasteiger charge is -2.18. The molecule has 3 aromatic rings. The lowest BCUT2D eigenvalue weighted by molar-refractivity contribution is -0.116. The van der Waals surface area contributed by atoms with E-state index in [0.29, 0.717) is 5.69 Å². The van der Waals surface area contributed by atoms with Gasteiger partial charge >= 0.3 is 0 Å². The lowest BCUT2D eigenvalue weighted by atomic mass is 9.90. The van der Waals surface area contributed by atoms with E-state index >= 15 is 0 Å². The lowest BCUT2D eigenvalue weighted by Crippen LogP contribution is -2.22. The van der Waals surface area contributed by atoms with Gasteiger partial charge in [0.25, 0.3) is 0 Å². The van der Waals surface area contributed by atoms with E-state index in [1.165, 1.54) is 0 Å². The molecule has 0 saturated carbocycles. The van der Waals surface area contributed by atoms with E-state index < -0.39 is 5.92 Å². The number of carbonyl (C=O) groups excluding carboxylic acids is 1. The Balaban J connectivity index is 1.97. The van der Waals surface area contributed by atoms with Crippen LogP contribution in [0.5, 0.6) is 5.75 Å². The number of anilines is 1. The Morgan fingerprint density at radius 1 is 0.875 bits per heavy atom. The molecule has 120 valence electrons. The maximum absolute atomic E-state index is 13.0. The fourth-order valence-corrected chi connectivity index (χ4v) is 2.74. The number of aryl methyl sites for hydroxylation is 1. The van der Waals surface area contributed by atoms with Gasteiger partial charge in [-0.15, -0.1) is 0 Å². The molecule has 0 aromatic heterocycles. The van der Waals surface area contributed by atoms with Crippen molar-refractivity contribution in [2.45, 2.75) is 12.8 Å². The Morgan fingerprint density at radius 3 is 1.96 bits per heavy atom. The Bertz CT molecular complexity index is 789. The minimum absolute atomic E-state index is 0.0637. The van der Waals surface area contributed by atoms with Crippen LogP contribution in [-0.2, 0) is 4.79 Å². The third-order valence-electron chi connectivity index (χ3n) is 3.94. The molecule has 0 radical (unpaired) electrons. The summed E-state index contributed by atoms with van der Waals surface area (Å²) in [5.41, 5.74) is 3.22. The molecule has 0 atom stereocenters.